The fraction of sp³-hybridized carbons (Fsp3) is 0.667. The van der Waals surface area contributed by atoms with Gasteiger partial charge in [-0.15, -0.1) is 5.10 Å². The molecule has 0 radical (unpaired) electrons. The highest BCUT2D eigenvalue weighted by Crippen LogP contribution is 2.60. The zero-order valence-corrected chi connectivity index (χ0v) is 16.0. The van der Waals surface area contributed by atoms with Gasteiger partial charge < -0.3 is 0 Å². The second-order valence-electron chi connectivity index (χ2n) is 9.59. The highest BCUT2D eigenvalue weighted by molar-refractivity contribution is 5.94. The normalized spacial score (nSPS) is 35.6. The van der Waals surface area contributed by atoms with E-state index in [1.807, 2.05) is 17.1 Å². The zero-order chi connectivity index (χ0) is 18.7. The summed E-state index contributed by atoms with van der Waals surface area (Å²) in [5, 5.41) is 7.69. The van der Waals surface area contributed by atoms with Gasteiger partial charge in [-0.3, -0.25) is 10.1 Å². The standard InChI is InChI=1S/C21H26N6O/c28-19(21-7-13-3-14(8-21)5-15(4-13)9-21)25-20-24-18-6-16(1-2-27(18)26-20)17-10-22-12-23-11-17/h10-16H,1-9H2,(H,25,26,28). The van der Waals surface area contributed by atoms with Crippen molar-refractivity contribution >= 4 is 11.9 Å². The summed E-state index contributed by atoms with van der Waals surface area (Å²) < 4.78 is 1.95. The average molecular weight is 378 g/mol. The fourth-order valence-electron chi connectivity index (χ4n) is 6.79. The second kappa shape index (κ2) is 6.09. The first-order valence-electron chi connectivity index (χ1n) is 10.7. The Morgan fingerprint density at radius 3 is 2.43 bits per heavy atom. The summed E-state index contributed by atoms with van der Waals surface area (Å²) in [7, 11) is 0. The van der Waals surface area contributed by atoms with E-state index in [-0.39, 0.29) is 11.3 Å². The summed E-state index contributed by atoms with van der Waals surface area (Å²) in [4.78, 5) is 26.2. The lowest BCUT2D eigenvalue weighted by atomic mass is 9.49. The summed E-state index contributed by atoms with van der Waals surface area (Å²) in [5.74, 6) is 4.24. The van der Waals surface area contributed by atoms with Crippen LogP contribution < -0.4 is 5.32 Å². The Hall–Kier alpha value is -2.31. The van der Waals surface area contributed by atoms with Crippen LogP contribution in [-0.4, -0.2) is 30.6 Å². The summed E-state index contributed by atoms with van der Waals surface area (Å²) >= 11 is 0. The maximum Gasteiger partial charge on any atom is 0.248 e. The van der Waals surface area contributed by atoms with E-state index in [9.17, 15) is 4.79 Å². The van der Waals surface area contributed by atoms with Crippen LogP contribution in [0.4, 0.5) is 5.95 Å². The summed E-state index contributed by atoms with van der Waals surface area (Å²) in [6, 6.07) is 0. The third kappa shape index (κ3) is 2.66. The Kier molecular flexibility index (Phi) is 3.62. The van der Waals surface area contributed by atoms with Crippen molar-refractivity contribution in [2.75, 3.05) is 5.32 Å². The number of nitrogens with one attached hydrogen (secondary N) is 1. The number of amides is 1. The smallest absolute Gasteiger partial charge is 0.248 e. The lowest BCUT2D eigenvalue weighted by Crippen LogP contribution is -2.51. The van der Waals surface area contributed by atoms with Gasteiger partial charge in [0.25, 0.3) is 0 Å². The van der Waals surface area contributed by atoms with Gasteiger partial charge in [0, 0.05) is 25.4 Å². The minimum Gasteiger partial charge on any atom is -0.293 e. The number of nitrogens with zero attached hydrogens (tertiary/aromatic N) is 5. The molecule has 1 amide bonds. The van der Waals surface area contributed by atoms with E-state index in [4.69, 9.17) is 0 Å². The molecular weight excluding hydrogens is 352 g/mol. The molecule has 2 aromatic rings. The molecule has 1 N–H and O–H groups in total. The molecule has 4 aliphatic carbocycles. The molecule has 3 heterocycles. The molecule has 4 saturated carbocycles. The minimum absolute atomic E-state index is 0.162. The van der Waals surface area contributed by atoms with E-state index < -0.39 is 0 Å². The average Bonchev–Trinajstić information content (AvgIpc) is 3.09. The maximum atomic E-state index is 13.2. The van der Waals surface area contributed by atoms with Gasteiger partial charge in [-0.1, -0.05) is 0 Å². The molecule has 1 aliphatic heterocycles. The molecule has 0 saturated heterocycles. The van der Waals surface area contributed by atoms with Gasteiger partial charge in [0.2, 0.25) is 11.9 Å². The second-order valence-corrected chi connectivity index (χ2v) is 9.59. The molecule has 28 heavy (non-hydrogen) atoms. The monoisotopic (exact) mass is 378 g/mol. The predicted octanol–water partition coefficient (Wildman–Crippen LogP) is 2.95. The van der Waals surface area contributed by atoms with Crippen LogP contribution in [0.1, 0.15) is 62.3 Å². The number of carbonyl (C=O) groups excluding carboxylic acids is 1. The number of hydrogen-bond acceptors (Lipinski definition) is 5. The number of fused-ring (bicyclic) bond motifs is 1. The minimum atomic E-state index is -0.162. The van der Waals surface area contributed by atoms with Crippen molar-refractivity contribution in [3.63, 3.8) is 0 Å². The Balaban J connectivity index is 1.19. The first-order valence-corrected chi connectivity index (χ1v) is 10.7. The van der Waals surface area contributed by atoms with E-state index in [1.165, 1.54) is 19.3 Å². The van der Waals surface area contributed by atoms with Crippen molar-refractivity contribution in [2.45, 2.75) is 63.8 Å². The molecule has 4 bridgehead atoms. The van der Waals surface area contributed by atoms with Gasteiger partial charge in [-0.2, -0.15) is 4.98 Å². The molecule has 7 nitrogen and oxygen atoms in total. The molecule has 1 unspecified atom stereocenters. The maximum absolute atomic E-state index is 13.2. The molecule has 4 fully saturated rings. The Bertz CT molecular complexity index is 872. The van der Waals surface area contributed by atoms with Crippen molar-refractivity contribution in [1.29, 1.82) is 0 Å². The van der Waals surface area contributed by atoms with E-state index in [0.717, 1.165) is 67.8 Å². The number of carbonyl (C=O) groups is 1. The molecule has 2 aromatic heterocycles. The zero-order valence-electron chi connectivity index (χ0n) is 16.0. The van der Waals surface area contributed by atoms with Crippen molar-refractivity contribution in [1.82, 2.24) is 24.7 Å². The van der Waals surface area contributed by atoms with Gasteiger partial charge in [-0.05, 0) is 74.2 Å². The SMILES string of the molecule is O=C(Nc1nc2n(n1)CCC(c1cncnc1)C2)C12CC3CC(CC(C3)C1)C2. The Labute approximate surface area is 164 Å². The van der Waals surface area contributed by atoms with Crippen molar-refractivity contribution in [2.24, 2.45) is 23.2 Å². The third-order valence-electron chi connectivity index (χ3n) is 7.66. The lowest BCUT2D eigenvalue weighted by molar-refractivity contribution is -0.140. The van der Waals surface area contributed by atoms with Gasteiger partial charge in [-0.25, -0.2) is 14.6 Å². The van der Waals surface area contributed by atoms with Crippen LogP contribution in [0.3, 0.4) is 0 Å². The quantitative estimate of drug-likeness (QED) is 0.887. The summed E-state index contributed by atoms with van der Waals surface area (Å²) in [5.41, 5.74) is 0.987. The first-order chi connectivity index (χ1) is 13.7. The largest absolute Gasteiger partial charge is 0.293 e. The number of rotatable bonds is 3. The highest BCUT2D eigenvalue weighted by atomic mass is 16.2. The molecular formula is C21H26N6O. The lowest BCUT2D eigenvalue weighted by Gasteiger charge is -2.55. The number of hydrogen-bond donors (Lipinski definition) is 1. The van der Waals surface area contributed by atoms with Crippen LogP contribution in [-0.2, 0) is 17.8 Å². The molecule has 0 aromatic carbocycles. The molecule has 5 aliphatic rings. The fourth-order valence-corrected chi connectivity index (χ4v) is 6.79. The van der Waals surface area contributed by atoms with Gasteiger partial charge >= 0.3 is 0 Å². The van der Waals surface area contributed by atoms with Gasteiger partial charge in [0.15, 0.2) is 0 Å². The van der Waals surface area contributed by atoms with Crippen molar-refractivity contribution < 1.29 is 4.79 Å². The molecule has 146 valence electrons. The number of aromatic nitrogens is 5. The van der Waals surface area contributed by atoms with Crippen LogP contribution in [0.15, 0.2) is 18.7 Å². The van der Waals surface area contributed by atoms with Crippen LogP contribution in [0, 0.1) is 23.2 Å². The molecule has 0 spiro atoms. The van der Waals surface area contributed by atoms with Crippen LogP contribution in [0.5, 0.6) is 0 Å². The summed E-state index contributed by atoms with van der Waals surface area (Å²) in [6.45, 7) is 0.815. The molecule has 7 rings (SSSR count). The van der Waals surface area contributed by atoms with Crippen molar-refractivity contribution in [3.05, 3.63) is 30.1 Å². The van der Waals surface area contributed by atoms with Gasteiger partial charge in [0.1, 0.15) is 12.2 Å². The Morgan fingerprint density at radius 1 is 1.07 bits per heavy atom. The van der Waals surface area contributed by atoms with Crippen molar-refractivity contribution in [3.8, 4) is 0 Å². The van der Waals surface area contributed by atoms with E-state index in [2.05, 4.69) is 25.4 Å². The van der Waals surface area contributed by atoms with Gasteiger partial charge in [0.05, 0.1) is 5.41 Å². The number of anilines is 1. The van der Waals surface area contributed by atoms with E-state index >= 15 is 0 Å². The van der Waals surface area contributed by atoms with Crippen LogP contribution >= 0.6 is 0 Å². The summed E-state index contributed by atoms with van der Waals surface area (Å²) in [6.07, 6.45) is 14.4. The predicted molar refractivity (Wildman–Crippen MR) is 102 cm³/mol. The topological polar surface area (TPSA) is 85.6 Å². The highest BCUT2D eigenvalue weighted by Gasteiger charge is 2.54. The van der Waals surface area contributed by atoms with E-state index in [0.29, 0.717) is 11.9 Å². The molecule has 1 atom stereocenters. The molecule has 7 heteroatoms. The third-order valence-corrected chi connectivity index (χ3v) is 7.66. The first kappa shape index (κ1) is 16.6. The number of aryl methyl sites for hydroxylation is 1. The Morgan fingerprint density at radius 2 is 1.75 bits per heavy atom. The van der Waals surface area contributed by atoms with Crippen LogP contribution in [0.25, 0.3) is 0 Å². The van der Waals surface area contributed by atoms with Crippen LogP contribution in [0.2, 0.25) is 0 Å². The van der Waals surface area contributed by atoms with E-state index in [1.54, 1.807) is 6.33 Å².